The molecule has 0 bridgehead atoms. The van der Waals surface area contributed by atoms with Gasteiger partial charge in [0.1, 0.15) is 23.2 Å². The Labute approximate surface area is 241 Å². The average molecular weight is 580 g/mol. The Morgan fingerprint density at radius 2 is 1.88 bits per heavy atom. The summed E-state index contributed by atoms with van der Waals surface area (Å²) < 4.78 is 15.4. The number of hydrogen-bond donors (Lipinski definition) is 5. The van der Waals surface area contributed by atoms with E-state index in [1.165, 1.54) is 11.0 Å². The van der Waals surface area contributed by atoms with E-state index in [1.807, 2.05) is 30.7 Å². The number of carbonyl (C=O) groups excluding carboxylic acids is 3. The summed E-state index contributed by atoms with van der Waals surface area (Å²) in [6.07, 6.45) is 2.97. The first-order valence-corrected chi connectivity index (χ1v) is 13.3. The number of fused-ring (bicyclic) bond motifs is 1. The summed E-state index contributed by atoms with van der Waals surface area (Å²) in [6.45, 7) is 4.44. The minimum atomic E-state index is -0.919. The molecule has 0 radical (unpaired) electrons. The second-order valence-corrected chi connectivity index (χ2v) is 10.4. The van der Waals surface area contributed by atoms with E-state index in [2.05, 4.69) is 5.32 Å². The fraction of sp³-hybridized carbons (Fsp3) is 0.310. The van der Waals surface area contributed by atoms with Crippen LogP contribution in [0.4, 0.5) is 19.7 Å². The number of anilines is 1. The summed E-state index contributed by atoms with van der Waals surface area (Å²) in [5, 5.41) is 32.4. The van der Waals surface area contributed by atoms with Crippen LogP contribution in [-0.4, -0.2) is 75.1 Å². The Morgan fingerprint density at radius 3 is 2.57 bits per heavy atom. The lowest BCUT2D eigenvalue weighted by atomic mass is 9.98. The normalized spacial score (nSPS) is 13.2. The summed E-state index contributed by atoms with van der Waals surface area (Å²) in [5.74, 6) is -1.59. The SMILES string of the molecule is CC(C)c1cc(C(=N)N(C(N)=O)c2ccc3c(ccn3CCN(C)C(=O)CCN3C=C(F)CNC3=O)c2)c(O)cc1O. The molecule has 1 aliphatic heterocycles. The van der Waals surface area contributed by atoms with Gasteiger partial charge in [-0.05, 0) is 41.8 Å². The maximum atomic E-state index is 13.4. The highest BCUT2D eigenvalue weighted by Crippen LogP contribution is 2.34. The van der Waals surface area contributed by atoms with Gasteiger partial charge in [0.25, 0.3) is 0 Å². The zero-order chi connectivity index (χ0) is 30.7. The fourth-order valence-corrected chi connectivity index (χ4v) is 4.75. The maximum absolute atomic E-state index is 13.4. The molecule has 1 aromatic heterocycles. The molecule has 13 heteroatoms. The molecule has 4 rings (SSSR count). The van der Waals surface area contributed by atoms with Gasteiger partial charge in [-0.1, -0.05) is 13.8 Å². The van der Waals surface area contributed by atoms with Crippen LogP contribution in [-0.2, 0) is 11.3 Å². The van der Waals surface area contributed by atoms with Gasteiger partial charge in [0.2, 0.25) is 5.91 Å². The lowest BCUT2D eigenvalue weighted by Crippen LogP contribution is -2.43. The van der Waals surface area contributed by atoms with Crippen molar-refractivity contribution in [3.63, 3.8) is 0 Å². The molecule has 0 atom stereocenters. The number of benzene rings is 2. The molecule has 0 fully saturated rings. The van der Waals surface area contributed by atoms with Gasteiger partial charge in [-0.15, -0.1) is 0 Å². The highest BCUT2D eigenvalue weighted by molar-refractivity contribution is 6.22. The van der Waals surface area contributed by atoms with Gasteiger partial charge in [0.15, 0.2) is 0 Å². The fourth-order valence-electron chi connectivity index (χ4n) is 4.75. The Morgan fingerprint density at radius 1 is 1.14 bits per heavy atom. The van der Waals surface area contributed by atoms with Crippen molar-refractivity contribution in [2.75, 3.05) is 31.6 Å². The van der Waals surface area contributed by atoms with Crippen molar-refractivity contribution in [1.82, 2.24) is 19.7 Å². The van der Waals surface area contributed by atoms with Crippen molar-refractivity contribution in [3.05, 3.63) is 65.7 Å². The van der Waals surface area contributed by atoms with E-state index in [4.69, 9.17) is 11.1 Å². The monoisotopic (exact) mass is 579 g/mol. The molecule has 0 aliphatic carbocycles. The number of likely N-dealkylation sites (N-methyl/N-ethyl adjacent to an activating group) is 1. The number of phenols is 2. The largest absolute Gasteiger partial charge is 0.508 e. The van der Waals surface area contributed by atoms with Crippen LogP contribution < -0.4 is 16.0 Å². The number of nitrogens with zero attached hydrogens (tertiary/aromatic N) is 4. The molecule has 0 saturated carbocycles. The maximum Gasteiger partial charge on any atom is 0.325 e. The van der Waals surface area contributed by atoms with Crippen LogP contribution in [0.15, 0.2) is 54.6 Å². The molecular weight excluding hydrogens is 545 g/mol. The van der Waals surface area contributed by atoms with Gasteiger partial charge in [0, 0.05) is 62.5 Å². The molecule has 42 heavy (non-hydrogen) atoms. The van der Waals surface area contributed by atoms with E-state index in [9.17, 15) is 29.0 Å². The van der Waals surface area contributed by atoms with Crippen LogP contribution in [0.2, 0.25) is 0 Å². The minimum absolute atomic E-state index is 0.0354. The van der Waals surface area contributed by atoms with Crippen molar-refractivity contribution in [2.45, 2.75) is 32.7 Å². The summed E-state index contributed by atoms with van der Waals surface area (Å²) in [6, 6.07) is 8.16. The Balaban J connectivity index is 1.46. The molecule has 1 aliphatic rings. The Kier molecular flexibility index (Phi) is 8.69. The number of primary amides is 1. The van der Waals surface area contributed by atoms with Gasteiger partial charge >= 0.3 is 12.1 Å². The predicted octanol–water partition coefficient (Wildman–Crippen LogP) is 3.77. The van der Waals surface area contributed by atoms with Crippen LogP contribution in [0.5, 0.6) is 11.5 Å². The summed E-state index contributed by atoms with van der Waals surface area (Å²) >= 11 is 0. The van der Waals surface area contributed by atoms with E-state index in [0.717, 1.165) is 33.0 Å². The number of nitrogens with two attached hydrogens (primary N) is 1. The molecular formula is C29H34FN7O5. The molecule has 3 aromatic rings. The number of carbonyl (C=O) groups is 3. The molecule has 5 amide bonds. The number of aromatic nitrogens is 1. The van der Waals surface area contributed by atoms with Crippen molar-refractivity contribution >= 4 is 40.4 Å². The third-order valence-corrected chi connectivity index (χ3v) is 7.11. The third-order valence-electron chi connectivity index (χ3n) is 7.11. The first kappa shape index (κ1) is 29.9. The number of hydrogen-bond acceptors (Lipinski definition) is 6. The third kappa shape index (κ3) is 6.29. The van der Waals surface area contributed by atoms with Crippen LogP contribution in [0.3, 0.4) is 0 Å². The first-order valence-electron chi connectivity index (χ1n) is 13.3. The topological polar surface area (TPSA) is 168 Å². The number of halogens is 1. The van der Waals surface area contributed by atoms with Crippen molar-refractivity contribution in [1.29, 1.82) is 5.41 Å². The van der Waals surface area contributed by atoms with Crippen LogP contribution in [0, 0.1) is 5.41 Å². The average Bonchev–Trinajstić information content (AvgIpc) is 3.33. The zero-order valence-electron chi connectivity index (χ0n) is 23.6. The van der Waals surface area contributed by atoms with Crippen LogP contribution in [0.1, 0.15) is 37.3 Å². The van der Waals surface area contributed by atoms with E-state index in [-0.39, 0.29) is 54.2 Å². The van der Waals surface area contributed by atoms with Gasteiger partial charge in [-0.25, -0.2) is 18.9 Å². The summed E-state index contributed by atoms with van der Waals surface area (Å²) in [7, 11) is 1.65. The molecule has 0 saturated heterocycles. The van der Waals surface area contributed by atoms with E-state index in [1.54, 1.807) is 25.2 Å². The highest BCUT2D eigenvalue weighted by atomic mass is 19.1. The van der Waals surface area contributed by atoms with Gasteiger partial charge < -0.3 is 30.7 Å². The number of amides is 5. The number of urea groups is 2. The molecule has 2 heterocycles. The Hall–Kier alpha value is -5.07. The zero-order valence-corrected chi connectivity index (χ0v) is 23.6. The standard InChI is InChI=1S/C29H34FN7O5/c1-17(2)21-13-22(25(39)14-24(21)38)27(31)37(28(32)41)20-4-5-23-18(12-20)6-8-35(23)11-10-34(3)26(40)7-9-36-16-19(30)15-33-29(36)42/h4-6,8,12-14,16-17,31,38-39H,7,9-11,15H2,1-3H3,(H2,32,41)(H,33,42). The van der Waals surface area contributed by atoms with E-state index < -0.39 is 17.9 Å². The van der Waals surface area contributed by atoms with E-state index in [0.29, 0.717) is 24.3 Å². The van der Waals surface area contributed by atoms with Gasteiger partial charge in [-0.2, -0.15) is 0 Å². The van der Waals surface area contributed by atoms with Gasteiger partial charge in [-0.3, -0.25) is 15.1 Å². The number of rotatable bonds is 9. The molecule has 12 nitrogen and oxygen atoms in total. The molecule has 222 valence electrons. The quantitative estimate of drug-likeness (QED) is 0.192. The smallest absolute Gasteiger partial charge is 0.325 e. The van der Waals surface area contributed by atoms with E-state index >= 15 is 0 Å². The molecule has 6 N–H and O–H groups in total. The molecule has 0 unspecified atom stereocenters. The first-order chi connectivity index (χ1) is 19.9. The number of phenolic OH excluding ortho intramolecular Hbond substituents is 2. The number of aromatic hydroxyl groups is 2. The molecule has 0 spiro atoms. The van der Waals surface area contributed by atoms with Crippen molar-refractivity contribution in [3.8, 4) is 11.5 Å². The van der Waals surface area contributed by atoms with Crippen molar-refractivity contribution < 1.29 is 29.0 Å². The predicted molar refractivity (Wildman–Crippen MR) is 156 cm³/mol. The van der Waals surface area contributed by atoms with Crippen molar-refractivity contribution in [2.24, 2.45) is 5.73 Å². The second kappa shape index (κ2) is 12.2. The number of nitrogens with one attached hydrogen (secondary N) is 2. The lowest BCUT2D eigenvalue weighted by Gasteiger charge is -2.24. The number of amidine groups is 1. The summed E-state index contributed by atoms with van der Waals surface area (Å²) in [4.78, 5) is 40.5. The Bertz CT molecular complexity index is 1580. The minimum Gasteiger partial charge on any atom is -0.508 e. The highest BCUT2D eigenvalue weighted by Gasteiger charge is 2.25. The second-order valence-electron chi connectivity index (χ2n) is 10.4. The lowest BCUT2D eigenvalue weighted by molar-refractivity contribution is -0.130. The summed E-state index contributed by atoms with van der Waals surface area (Å²) in [5.41, 5.74) is 7.34. The van der Waals surface area contributed by atoms with Crippen LogP contribution in [0.25, 0.3) is 10.9 Å². The van der Waals surface area contributed by atoms with Crippen LogP contribution >= 0.6 is 0 Å². The molecule has 2 aromatic carbocycles. The van der Waals surface area contributed by atoms with Gasteiger partial charge in [0.05, 0.1) is 17.8 Å².